The highest BCUT2D eigenvalue weighted by Gasteiger charge is 2.30. The number of carbonyl (C=O) groups excluding carboxylic acids is 1. The molecule has 1 N–H and O–H groups in total. The quantitative estimate of drug-likeness (QED) is 0.887. The molecule has 1 fully saturated rings. The van der Waals surface area contributed by atoms with Crippen LogP contribution in [-0.2, 0) is 11.0 Å². The second-order valence-corrected chi connectivity index (χ2v) is 6.34. The van der Waals surface area contributed by atoms with Crippen molar-refractivity contribution >= 4 is 17.4 Å². The number of hydrogen-bond donors (Lipinski definition) is 1. The molecule has 0 unspecified atom stereocenters. The van der Waals surface area contributed by atoms with E-state index in [1.807, 2.05) is 11.0 Å². The number of hydrogen-bond acceptors (Lipinski definition) is 4. The highest BCUT2D eigenvalue weighted by Crippen LogP contribution is 2.30. The van der Waals surface area contributed by atoms with Gasteiger partial charge in [-0.25, -0.2) is 4.98 Å². The average Bonchev–Trinajstić information content (AvgIpc) is 2.68. The molecule has 1 aromatic heterocycles. The summed E-state index contributed by atoms with van der Waals surface area (Å²) in [6, 6.07) is 9.92. The van der Waals surface area contributed by atoms with Crippen molar-refractivity contribution in [2.24, 2.45) is 5.92 Å². The predicted octanol–water partition coefficient (Wildman–Crippen LogP) is 3.83. The minimum atomic E-state index is -4.39. The first-order chi connectivity index (χ1) is 12.9. The second-order valence-electron chi connectivity index (χ2n) is 6.34. The molecule has 0 aliphatic carbocycles. The average molecular weight is 374 g/mol. The maximum atomic E-state index is 12.6. The highest BCUT2D eigenvalue weighted by atomic mass is 19.4. The van der Waals surface area contributed by atoms with Gasteiger partial charge in [-0.15, -0.1) is 0 Å². The van der Waals surface area contributed by atoms with E-state index >= 15 is 0 Å². The zero-order valence-corrected chi connectivity index (χ0v) is 14.3. The van der Waals surface area contributed by atoms with Gasteiger partial charge in [0.05, 0.1) is 11.1 Å². The lowest BCUT2D eigenvalue weighted by molar-refractivity contribution is -0.137. The fourth-order valence-electron chi connectivity index (χ4n) is 3.00. The van der Waals surface area contributed by atoms with Crippen LogP contribution in [-0.4, -0.2) is 24.0 Å². The number of nitrogens with one attached hydrogen (secondary N) is 1. The van der Waals surface area contributed by atoms with E-state index < -0.39 is 11.7 Å². The third-order valence-corrected chi connectivity index (χ3v) is 4.55. The van der Waals surface area contributed by atoms with Gasteiger partial charge in [0.15, 0.2) is 0 Å². The van der Waals surface area contributed by atoms with Crippen molar-refractivity contribution in [2.75, 3.05) is 23.3 Å². The first-order valence-electron chi connectivity index (χ1n) is 8.46. The third-order valence-electron chi connectivity index (χ3n) is 4.55. The smallest absolute Gasteiger partial charge is 0.357 e. The summed E-state index contributed by atoms with van der Waals surface area (Å²) in [5.41, 5.74) is 0.0949. The molecule has 1 aliphatic rings. The Morgan fingerprint density at radius 1 is 1.15 bits per heavy atom. The van der Waals surface area contributed by atoms with Crippen LogP contribution in [0.3, 0.4) is 0 Å². The molecule has 27 heavy (non-hydrogen) atoms. The van der Waals surface area contributed by atoms with Crippen LogP contribution < -0.4 is 10.2 Å². The van der Waals surface area contributed by atoms with Crippen LogP contribution in [0.4, 0.5) is 24.7 Å². The number of halogens is 3. The number of nitriles is 1. The number of anilines is 2. The number of rotatable bonds is 3. The summed E-state index contributed by atoms with van der Waals surface area (Å²) in [7, 11) is 0. The van der Waals surface area contributed by atoms with Crippen LogP contribution in [0.25, 0.3) is 0 Å². The maximum absolute atomic E-state index is 12.6. The number of piperidine rings is 1. The van der Waals surface area contributed by atoms with Crippen LogP contribution in [0.5, 0.6) is 0 Å². The molecule has 1 aliphatic heterocycles. The first-order valence-corrected chi connectivity index (χ1v) is 8.46. The van der Waals surface area contributed by atoms with Crippen molar-refractivity contribution in [1.82, 2.24) is 4.98 Å². The second kappa shape index (κ2) is 7.66. The lowest BCUT2D eigenvalue weighted by Crippen LogP contribution is -2.38. The van der Waals surface area contributed by atoms with Crippen LogP contribution in [0, 0.1) is 17.2 Å². The van der Waals surface area contributed by atoms with Crippen LogP contribution >= 0.6 is 0 Å². The number of nitrogens with zero attached hydrogens (tertiary/aromatic N) is 3. The van der Waals surface area contributed by atoms with Crippen molar-refractivity contribution in [1.29, 1.82) is 5.26 Å². The fourth-order valence-corrected chi connectivity index (χ4v) is 3.00. The van der Waals surface area contributed by atoms with E-state index in [2.05, 4.69) is 10.3 Å². The molecule has 1 saturated heterocycles. The van der Waals surface area contributed by atoms with Gasteiger partial charge in [0.1, 0.15) is 11.9 Å². The summed E-state index contributed by atoms with van der Waals surface area (Å²) in [6.45, 7) is 1.29. The SMILES string of the molecule is N#Cc1ccc(N2CCC(C(=O)Nc3ccc(C(F)(F)F)cc3)CC2)nc1. The number of carbonyl (C=O) groups is 1. The van der Waals surface area contributed by atoms with E-state index in [0.717, 1.165) is 18.0 Å². The van der Waals surface area contributed by atoms with Gasteiger partial charge in [0.25, 0.3) is 0 Å². The Bertz CT molecular complexity index is 833. The lowest BCUT2D eigenvalue weighted by Gasteiger charge is -2.32. The Labute approximate surface area is 154 Å². The number of alkyl halides is 3. The summed E-state index contributed by atoms with van der Waals surface area (Å²) < 4.78 is 37.7. The zero-order valence-electron chi connectivity index (χ0n) is 14.3. The van der Waals surface area contributed by atoms with E-state index in [4.69, 9.17) is 5.26 Å². The zero-order chi connectivity index (χ0) is 19.4. The largest absolute Gasteiger partial charge is 0.416 e. The van der Waals surface area contributed by atoms with Gasteiger partial charge in [0.2, 0.25) is 5.91 Å². The summed E-state index contributed by atoms with van der Waals surface area (Å²) in [5.74, 6) is 0.361. The van der Waals surface area contributed by atoms with Gasteiger partial charge >= 0.3 is 6.18 Å². The van der Waals surface area contributed by atoms with Crippen LogP contribution in [0.1, 0.15) is 24.0 Å². The van der Waals surface area contributed by atoms with Crippen molar-refractivity contribution in [3.63, 3.8) is 0 Å². The van der Waals surface area contributed by atoms with E-state index in [0.29, 0.717) is 37.2 Å². The fraction of sp³-hybridized carbons (Fsp3) is 0.316. The Morgan fingerprint density at radius 2 is 1.81 bits per heavy atom. The van der Waals surface area contributed by atoms with E-state index in [-0.39, 0.29) is 11.8 Å². The van der Waals surface area contributed by atoms with Gasteiger partial charge < -0.3 is 10.2 Å². The van der Waals surface area contributed by atoms with Crippen LogP contribution in [0.15, 0.2) is 42.6 Å². The van der Waals surface area contributed by atoms with Crippen molar-refractivity contribution in [2.45, 2.75) is 19.0 Å². The standard InChI is InChI=1S/C19H17F3N4O/c20-19(21,22)15-2-4-16(5-3-15)25-18(27)14-7-9-26(10-8-14)17-6-1-13(11-23)12-24-17/h1-6,12,14H,7-10H2,(H,25,27). The van der Waals surface area contributed by atoms with Gasteiger partial charge in [-0.3, -0.25) is 4.79 Å². The Balaban J connectivity index is 1.54. The minimum Gasteiger partial charge on any atom is -0.357 e. The van der Waals surface area contributed by atoms with Crippen molar-refractivity contribution in [3.05, 3.63) is 53.7 Å². The molecule has 0 spiro atoms. The molecule has 0 saturated carbocycles. The molecule has 0 bridgehead atoms. The molecule has 3 rings (SSSR count). The molecule has 8 heteroatoms. The highest BCUT2D eigenvalue weighted by molar-refractivity contribution is 5.92. The Hall–Kier alpha value is -3.08. The Kier molecular flexibility index (Phi) is 5.31. The molecule has 140 valence electrons. The number of aromatic nitrogens is 1. The molecular formula is C19H17F3N4O. The third kappa shape index (κ3) is 4.56. The Morgan fingerprint density at radius 3 is 2.33 bits per heavy atom. The van der Waals surface area contributed by atoms with E-state index in [1.165, 1.54) is 18.3 Å². The number of amides is 1. The summed E-state index contributed by atoms with van der Waals surface area (Å²) in [6.07, 6.45) is -1.64. The molecule has 0 atom stereocenters. The summed E-state index contributed by atoms with van der Waals surface area (Å²) in [5, 5.41) is 11.5. The van der Waals surface area contributed by atoms with Crippen molar-refractivity contribution in [3.8, 4) is 6.07 Å². The van der Waals surface area contributed by atoms with E-state index in [1.54, 1.807) is 12.1 Å². The number of pyridine rings is 1. The first kappa shape index (κ1) is 18.7. The van der Waals surface area contributed by atoms with Gasteiger partial charge in [-0.05, 0) is 49.2 Å². The molecule has 1 amide bonds. The van der Waals surface area contributed by atoms with Crippen LogP contribution in [0.2, 0.25) is 0 Å². The normalized spacial score (nSPS) is 15.3. The molecule has 0 radical (unpaired) electrons. The van der Waals surface area contributed by atoms with Crippen molar-refractivity contribution < 1.29 is 18.0 Å². The molecule has 5 nitrogen and oxygen atoms in total. The minimum absolute atomic E-state index is 0.192. The number of benzene rings is 1. The summed E-state index contributed by atoms with van der Waals surface area (Å²) >= 11 is 0. The predicted molar refractivity (Wildman–Crippen MR) is 94.0 cm³/mol. The lowest BCUT2D eigenvalue weighted by atomic mass is 9.95. The molecule has 1 aromatic carbocycles. The molecular weight excluding hydrogens is 357 g/mol. The van der Waals surface area contributed by atoms with Gasteiger partial charge in [0, 0.05) is 30.9 Å². The van der Waals surface area contributed by atoms with Gasteiger partial charge in [-0.1, -0.05) is 0 Å². The topological polar surface area (TPSA) is 69.0 Å². The van der Waals surface area contributed by atoms with Gasteiger partial charge in [-0.2, -0.15) is 18.4 Å². The maximum Gasteiger partial charge on any atom is 0.416 e. The molecule has 2 aromatic rings. The summed E-state index contributed by atoms with van der Waals surface area (Å²) in [4.78, 5) is 18.7. The van der Waals surface area contributed by atoms with E-state index in [9.17, 15) is 18.0 Å². The monoisotopic (exact) mass is 374 g/mol. The molecule has 2 heterocycles.